The second kappa shape index (κ2) is 8.37. The van der Waals surface area contributed by atoms with E-state index in [0.29, 0.717) is 27.5 Å². The zero-order valence-corrected chi connectivity index (χ0v) is 15.1. The summed E-state index contributed by atoms with van der Waals surface area (Å²) in [4.78, 5) is 15.6. The Labute approximate surface area is 149 Å². The van der Waals surface area contributed by atoms with Crippen molar-refractivity contribution in [1.82, 2.24) is 4.98 Å². The van der Waals surface area contributed by atoms with Crippen LogP contribution in [0.25, 0.3) is 0 Å². The predicted octanol–water partition coefficient (Wildman–Crippen LogP) is 4.25. The van der Waals surface area contributed by atoms with Gasteiger partial charge in [-0.3, -0.25) is 10.2 Å². The second-order valence-electron chi connectivity index (χ2n) is 4.29. The number of rotatable bonds is 6. The van der Waals surface area contributed by atoms with Crippen LogP contribution in [0.1, 0.15) is 18.2 Å². The summed E-state index contributed by atoms with van der Waals surface area (Å²) >= 11 is 10.2. The molecule has 0 aliphatic carbocycles. The van der Waals surface area contributed by atoms with Crippen LogP contribution in [-0.4, -0.2) is 23.8 Å². The van der Waals surface area contributed by atoms with Crippen molar-refractivity contribution in [3.05, 3.63) is 44.1 Å². The molecule has 0 spiro atoms. The number of benzene rings is 1. The fraction of sp³-hybridized carbons (Fsp3) is 0.214. The van der Waals surface area contributed by atoms with Gasteiger partial charge in [0.05, 0.1) is 30.0 Å². The van der Waals surface area contributed by atoms with Gasteiger partial charge in [0.1, 0.15) is 5.82 Å². The second-order valence-corrected chi connectivity index (χ2v) is 6.38. The molecule has 0 amide bonds. The van der Waals surface area contributed by atoms with E-state index in [1.165, 1.54) is 23.6 Å². The molecule has 1 aromatic heterocycles. The van der Waals surface area contributed by atoms with Crippen LogP contribution in [0.2, 0.25) is 5.02 Å². The number of anilines is 1. The van der Waals surface area contributed by atoms with Crippen molar-refractivity contribution in [2.24, 2.45) is 5.10 Å². The zero-order valence-electron chi connectivity index (χ0n) is 12.0. The van der Waals surface area contributed by atoms with Crippen molar-refractivity contribution in [3.8, 4) is 0 Å². The Bertz CT molecular complexity index is 716. The van der Waals surface area contributed by atoms with E-state index in [2.05, 4.69) is 31.4 Å². The summed E-state index contributed by atoms with van der Waals surface area (Å²) in [6.07, 6.45) is 1.56. The lowest BCUT2D eigenvalue weighted by molar-refractivity contribution is -0.142. The maximum absolute atomic E-state index is 13.5. The van der Waals surface area contributed by atoms with Crippen molar-refractivity contribution in [2.45, 2.75) is 13.3 Å². The van der Waals surface area contributed by atoms with Gasteiger partial charge in [0, 0.05) is 9.85 Å². The number of carbonyl (C=O) groups excluding carboxylic acids is 1. The molecule has 1 aromatic carbocycles. The number of carbonyl (C=O) groups is 1. The van der Waals surface area contributed by atoms with E-state index in [9.17, 15) is 9.18 Å². The van der Waals surface area contributed by atoms with E-state index in [1.54, 1.807) is 18.4 Å². The lowest BCUT2D eigenvalue weighted by Gasteiger charge is -2.00. The van der Waals surface area contributed by atoms with Crippen molar-refractivity contribution in [2.75, 3.05) is 12.0 Å². The first-order valence-corrected chi connectivity index (χ1v) is 8.58. The van der Waals surface area contributed by atoms with Crippen LogP contribution in [0.3, 0.4) is 0 Å². The fourth-order valence-corrected chi connectivity index (χ4v) is 2.83. The summed E-state index contributed by atoms with van der Waals surface area (Å²) in [6.45, 7) is 2.09. The molecule has 9 heteroatoms. The average molecular weight is 421 g/mol. The highest BCUT2D eigenvalue weighted by Crippen LogP contribution is 2.26. The van der Waals surface area contributed by atoms with E-state index in [1.807, 2.05) is 0 Å². The molecule has 0 saturated heterocycles. The maximum atomic E-state index is 13.5. The predicted molar refractivity (Wildman–Crippen MR) is 92.8 cm³/mol. The number of hydrogen-bond acceptors (Lipinski definition) is 6. The molecule has 0 aliphatic heterocycles. The van der Waals surface area contributed by atoms with Crippen LogP contribution in [0.15, 0.2) is 27.1 Å². The first-order chi connectivity index (χ1) is 11.0. The quantitative estimate of drug-likeness (QED) is 0.328. The minimum atomic E-state index is -0.534. The molecule has 23 heavy (non-hydrogen) atoms. The van der Waals surface area contributed by atoms with Crippen LogP contribution >= 0.6 is 38.9 Å². The van der Waals surface area contributed by atoms with E-state index >= 15 is 0 Å². The van der Waals surface area contributed by atoms with Gasteiger partial charge in [-0.2, -0.15) is 5.10 Å². The van der Waals surface area contributed by atoms with E-state index in [4.69, 9.17) is 16.3 Å². The van der Waals surface area contributed by atoms with Gasteiger partial charge >= 0.3 is 5.97 Å². The van der Waals surface area contributed by atoms with Crippen molar-refractivity contribution < 1.29 is 13.9 Å². The van der Waals surface area contributed by atoms with Crippen molar-refractivity contribution >= 4 is 56.2 Å². The molecule has 0 bridgehead atoms. The SMILES string of the molecule is CCOC(=O)Cc1csc(NN=Cc2cc(F)c(Cl)c(Br)c2)n1. The summed E-state index contributed by atoms with van der Waals surface area (Å²) < 4.78 is 18.8. The van der Waals surface area contributed by atoms with Gasteiger partial charge in [-0.15, -0.1) is 11.3 Å². The topological polar surface area (TPSA) is 63.6 Å². The summed E-state index contributed by atoms with van der Waals surface area (Å²) in [5, 5.41) is 6.27. The van der Waals surface area contributed by atoms with Gasteiger partial charge in [0.2, 0.25) is 5.13 Å². The third-order valence-corrected chi connectivity index (χ3v) is 4.60. The molecule has 1 N–H and O–H groups in total. The minimum absolute atomic E-state index is 0.0265. The Morgan fingerprint density at radius 3 is 3.09 bits per heavy atom. The lowest BCUT2D eigenvalue weighted by atomic mass is 10.2. The normalized spacial score (nSPS) is 11.0. The fourth-order valence-electron chi connectivity index (χ4n) is 1.61. The number of esters is 1. The van der Waals surface area contributed by atoms with Crippen molar-refractivity contribution in [3.63, 3.8) is 0 Å². The summed E-state index contributed by atoms with van der Waals surface area (Å²) in [7, 11) is 0. The molecule has 1 heterocycles. The molecule has 2 rings (SSSR count). The number of ether oxygens (including phenoxy) is 1. The molecule has 2 aromatic rings. The lowest BCUT2D eigenvalue weighted by Crippen LogP contribution is -2.07. The number of hydrazone groups is 1. The third kappa shape index (κ3) is 5.26. The summed E-state index contributed by atoms with van der Waals surface area (Å²) in [6, 6.07) is 2.91. The van der Waals surface area contributed by atoms with Gasteiger partial charge in [-0.1, -0.05) is 11.6 Å². The highest BCUT2D eigenvalue weighted by Gasteiger charge is 2.08. The highest BCUT2D eigenvalue weighted by molar-refractivity contribution is 9.10. The number of aromatic nitrogens is 1. The number of thiazole rings is 1. The number of nitrogens with one attached hydrogen (secondary N) is 1. The van der Waals surface area contributed by atoms with E-state index < -0.39 is 5.82 Å². The number of halogens is 3. The Kier molecular flexibility index (Phi) is 6.49. The molecular formula is C14H12BrClFN3O2S. The van der Waals surface area contributed by atoms with E-state index in [-0.39, 0.29) is 17.4 Å². The smallest absolute Gasteiger partial charge is 0.311 e. The molecule has 0 unspecified atom stereocenters. The zero-order chi connectivity index (χ0) is 16.8. The molecule has 0 atom stereocenters. The molecular weight excluding hydrogens is 409 g/mol. The molecule has 0 aliphatic rings. The largest absolute Gasteiger partial charge is 0.466 e. The summed E-state index contributed by atoms with van der Waals surface area (Å²) in [5.74, 6) is -0.859. The average Bonchev–Trinajstić information content (AvgIpc) is 2.92. The first-order valence-electron chi connectivity index (χ1n) is 6.53. The minimum Gasteiger partial charge on any atom is -0.466 e. The Morgan fingerprint density at radius 2 is 2.39 bits per heavy atom. The van der Waals surface area contributed by atoms with Gasteiger partial charge in [-0.05, 0) is 40.5 Å². The first kappa shape index (κ1) is 17.8. The van der Waals surface area contributed by atoms with Crippen LogP contribution in [-0.2, 0) is 16.0 Å². The Morgan fingerprint density at radius 1 is 1.61 bits per heavy atom. The molecule has 0 radical (unpaired) electrons. The van der Waals surface area contributed by atoms with Crippen LogP contribution < -0.4 is 5.43 Å². The molecule has 5 nitrogen and oxygen atoms in total. The van der Waals surface area contributed by atoms with Gasteiger partial charge < -0.3 is 4.74 Å². The molecule has 0 saturated carbocycles. The van der Waals surface area contributed by atoms with Crippen LogP contribution in [0.4, 0.5) is 9.52 Å². The maximum Gasteiger partial charge on any atom is 0.311 e. The Balaban J connectivity index is 1.96. The van der Waals surface area contributed by atoms with Gasteiger partial charge in [0.25, 0.3) is 0 Å². The van der Waals surface area contributed by atoms with Crippen molar-refractivity contribution in [1.29, 1.82) is 0 Å². The van der Waals surface area contributed by atoms with Gasteiger partial charge in [-0.25, -0.2) is 9.37 Å². The Hall–Kier alpha value is -1.51. The number of nitrogens with zero attached hydrogens (tertiary/aromatic N) is 2. The molecule has 122 valence electrons. The standard InChI is InChI=1S/C14H12BrClFN3O2S/c1-2-22-12(21)5-9-7-23-14(19-9)20-18-6-8-3-10(15)13(16)11(17)4-8/h3-4,6-7H,2,5H2,1H3,(H,19,20). The highest BCUT2D eigenvalue weighted by atomic mass is 79.9. The number of hydrogen-bond donors (Lipinski definition) is 1. The molecule has 0 fully saturated rings. The third-order valence-electron chi connectivity index (χ3n) is 2.56. The monoisotopic (exact) mass is 419 g/mol. The summed E-state index contributed by atoms with van der Waals surface area (Å²) in [5.41, 5.74) is 3.87. The van der Waals surface area contributed by atoms with Gasteiger partial charge in [0.15, 0.2) is 0 Å². The van der Waals surface area contributed by atoms with Crippen LogP contribution in [0.5, 0.6) is 0 Å². The van der Waals surface area contributed by atoms with E-state index in [0.717, 1.165) is 0 Å². The van der Waals surface area contributed by atoms with Crippen LogP contribution in [0, 0.1) is 5.82 Å².